The molecule has 0 unspecified atom stereocenters. The third-order valence-corrected chi connectivity index (χ3v) is 2.99. The average molecular weight is 233 g/mol. The summed E-state index contributed by atoms with van der Waals surface area (Å²) < 4.78 is 5.75. The molecule has 1 aliphatic rings. The zero-order valence-electron chi connectivity index (χ0n) is 10.6. The zero-order chi connectivity index (χ0) is 12.3. The van der Waals surface area contributed by atoms with E-state index in [0.717, 1.165) is 19.5 Å². The van der Waals surface area contributed by atoms with Gasteiger partial charge in [-0.25, -0.2) is 4.98 Å². The van der Waals surface area contributed by atoms with Crippen LogP contribution in [0.4, 0.5) is 5.88 Å². The first kappa shape index (κ1) is 12.0. The molecule has 1 aliphatic heterocycles. The Morgan fingerprint density at radius 2 is 2.06 bits per heavy atom. The van der Waals surface area contributed by atoms with Crippen LogP contribution in [0.15, 0.2) is 4.42 Å². The predicted molar refractivity (Wildman–Crippen MR) is 65.8 cm³/mol. The summed E-state index contributed by atoms with van der Waals surface area (Å²) in [7, 11) is 0. The van der Waals surface area contributed by atoms with Crippen LogP contribution in [-0.4, -0.2) is 18.1 Å². The van der Waals surface area contributed by atoms with Gasteiger partial charge >= 0.3 is 0 Å². The highest BCUT2D eigenvalue weighted by atomic mass is 16.4. The Balaban J connectivity index is 2.20. The van der Waals surface area contributed by atoms with E-state index in [1.807, 2.05) is 0 Å². The van der Waals surface area contributed by atoms with Crippen molar-refractivity contribution in [3.8, 4) is 6.07 Å². The minimum atomic E-state index is 0.447. The van der Waals surface area contributed by atoms with Crippen LogP contribution in [0, 0.1) is 17.2 Å². The smallest absolute Gasteiger partial charge is 0.234 e. The number of aromatic nitrogens is 1. The number of oxazole rings is 1. The van der Waals surface area contributed by atoms with E-state index in [0.29, 0.717) is 23.4 Å². The van der Waals surface area contributed by atoms with Gasteiger partial charge in [0, 0.05) is 19.5 Å². The van der Waals surface area contributed by atoms with E-state index in [-0.39, 0.29) is 0 Å². The topological polar surface area (TPSA) is 53.1 Å². The highest BCUT2D eigenvalue weighted by Gasteiger charge is 2.21. The van der Waals surface area contributed by atoms with Gasteiger partial charge in [-0.1, -0.05) is 13.8 Å². The third kappa shape index (κ3) is 2.79. The van der Waals surface area contributed by atoms with Crippen LogP contribution >= 0.6 is 0 Å². The van der Waals surface area contributed by atoms with E-state index < -0.39 is 0 Å². The van der Waals surface area contributed by atoms with Crippen molar-refractivity contribution < 1.29 is 4.42 Å². The first-order chi connectivity index (χ1) is 8.20. The Morgan fingerprint density at radius 3 is 2.65 bits per heavy atom. The van der Waals surface area contributed by atoms with Gasteiger partial charge in [-0.15, -0.1) is 0 Å². The molecule has 17 heavy (non-hydrogen) atoms. The van der Waals surface area contributed by atoms with E-state index >= 15 is 0 Å². The molecule has 0 radical (unpaired) electrons. The quantitative estimate of drug-likeness (QED) is 0.805. The lowest BCUT2D eigenvalue weighted by molar-refractivity contribution is 0.440. The summed E-state index contributed by atoms with van der Waals surface area (Å²) in [4.78, 5) is 6.43. The summed E-state index contributed by atoms with van der Waals surface area (Å²) in [5.41, 5.74) is 0.447. The molecular weight excluding hydrogens is 214 g/mol. The van der Waals surface area contributed by atoms with Crippen molar-refractivity contribution in [1.29, 1.82) is 5.26 Å². The summed E-state index contributed by atoms with van der Waals surface area (Å²) in [6.07, 6.45) is 4.41. The van der Waals surface area contributed by atoms with Crippen molar-refractivity contribution in [2.45, 2.75) is 39.5 Å². The van der Waals surface area contributed by atoms with Crippen LogP contribution in [0.2, 0.25) is 0 Å². The lowest BCUT2D eigenvalue weighted by Crippen LogP contribution is -2.29. The molecule has 0 amide bonds. The number of hydrogen-bond acceptors (Lipinski definition) is 4. The minimum absolute atomic E-state index is 0.447. The lowest BCUT2D eigenvalue weighted by atomic mass is 10.1. The van der Waals surface area contributed by atoms with Crippen LogP contribution < -0.4 is 4.90 Å². The van der Waals surface area contributed by atoms with Gasteiger partial charge in [-0.05, 0) is 25.2 Å². The van der Waals surface area contributed by atoms with E-state index in [1.165, 1.54) is 19.3 Å². The van der Waals surface area contributed by atoms with Gasteiger partial charge in [-0.2, -0.15) is 5.26 Å². The van der Waals surface area contributed by atoms with E-state index in [1.54, 1.807) is 0 Å². The minimum Gasteiger partial charge on any atom is -0.424 e. The fraction of sp³-hybridized carbons (Fsp3) is 0.692. The number of nitrogens with zero attached hydrogens (tertiary/aromatic N) is 3. The molecule has 0 spiro atoms. The molecule has 1 saturated heterocycles. The molecule has 4 heteroatoms. The molecule has 0 N–H and O–H groups in total. The Morgan fingerprint density at radius 1 is 1.35 bits per heavy atom. The summed E-state index contributed by atoms with van der Waals surface area (Å²) in [5.74, 6) is 1.87. The molecular formula is C13H19N3O. The predicted octanol–water partition coefficient (Wildman–Crippen LogP) is 2.74. The van der Waals surface area contributed by atoms with Crippen molar-refractivity contribution >= 4 is 5.88 Å². The summed E-state index contributed by atoms with van der Waals surface area (Å²) in [6, 6.07) is 2.14. The molecule has 4 nitrogen and oxygen atoms in total. The fourth-order valence-corrected chi connectivity index (χ4v) is 2.18. The maximum absolute atomic E-state index is 9.10. The summed E-state index contributed by atoms with van der Waals surface area (Å²) >= 11 is 0. The standard InChI is InChI=1S/C13H19N3O/c1-10(2)8-12-15-11(9-14)13(17-12)16-6-4-3-5-7-16/h10H,3-8H2,1-2H3. The molecule has 2 rings (SSSR count). The first-order valence-electron chi connectivity index (χ1n) is 6.35. The molecule has 92 valence electrons. The molecule has 0 aromatic carbocycles. The third-order valence-electron chi connectivity index (χ3n) is 2.99. The Labute approximate surface area is 102 Å². The van der Waals surface area contributed by atoms with Gasteiger partial charge in [0.05, 0.1) is 0 Å². The maximum Gasteiger partial charge on any atom is 0.234 e. The van der Waals surface area contributed by atoms with Crippen LogP contribution in [-0.2, 0) is 6.42 Å². The lowest BCUT2D eigenvalue weighted by Gasteiger charge is -2.25. The molecule has 2 heterocycles. The number of rotatable bonds is 3. The van der Waals surface area contributed by atoms with Crippen LogP contribution in [0.25, 0.3) is 0 Å². The second kappa shape index (κ2) is 5.22. The summed E-state index contributed by atoms with van der Waals surface area (Å²) in [5, 5.41) is 9.10. The maximum atomic E-state index is 9.10. The van der Waals surface area contributed by atoms with Crippen molar-refractivity contribution in [3.63, 3.8) is 0 Å². The Bertz CT molecular complexity index is 411. The van der Waals surface area contributed by atoms with Crippen molar-refractivity contribution in [1.82, 2.24) is 4.98 Å². The Hall–Kier alpha value is -1.50. The molecule has 0 bridgehead atoms. The van der Waals surface area contributed by atoms with Gasteiger partial charge in [0.1, 0.15) is 6.07 Å². The normalized spacial score (nSPS) is 16.2. The molecule has 0 aliphatic carbocycles. The van der Waals surface area contributed by atoms with Crippen molar-refractivity contribution in [2.24, 2.45) is 5.92 Å². The monoisotopic (exact) mass is 233 g/mol. The number of nitriles is 1. The van der Waals surface area contributed by atoms with E-state index in [4.69, 9.17) is 9.68 Å². The highest BCUT2D eigenvalue weighted by molar-refractivity contribution is 5.48. The largest absolute Gasteiger partial charge is 0.424 e. The van der Waals surface area contributed by atoms with Gasteiger partial charge in [0.2, 0.25) is 11.6 Å². The second-order valence-electron chi connectivity index (χ2n) is 5.02. The Kier molecular flexibility index (Phi) is 3.68. The summed E-state index contributed by atoms with van der Waals surface area (Å²) in [6.45, 7) is 6.20. The van der Waals surface area contributed by atoms with Crippen molar-refractivity contribution in [2.75, 3.05) is 18.0 Å². The highest BCUT2D eigenvalue weighted by Crippen LogP contribution is 2.25. The zero-order valence-corrected chi connectivity index (χ0v) is 10.6. The van der Waals surface area contributed by atoms with Gasteiger partial charge in [0.25, 0.3) is 0 Å². The average Bonchev–Trinajstić information content (AvgIpc) is 2.72. The SMILES string of the molecule is CC(C)Cc1nc(C#N)c(N2CCCCC2)o1. The van der Waals surface area contributed by atoms with E-state index in [9.17, 15) is 0 Å². The number of hydrogen-bond donors (Lipinski definition) is 0. The molecule has 1 aromatic rings. The molecule has 0 atom stereocenters. The molecule has 1 aromatic heterocycles. The molecule has 1 fully saturated rings. The first-order valence-corrected chi connectivity index (χ1v) is 6.35. The second-order valence-corrected chi connectivity index (χ2v) is 5.02. The van der Waals surface area contributed by atoms with Gasteiger partial charge in [-0.3, -0.25) is 0 Å². The molecule has 0 saturated carbocycles. The van der Waals surface area contributed by atoms with Gasteiger partial charge in [0.15, 0.2) is 5.89 Å². The van der Waals surface area contributed by atoms with Crippen LogP contribution in [0.5, 0.6) is 0 Å². The number of piperidine rings is 1. The van der Waals surface area contributed by atoms with Gasteiger partial charge < -0.3 is 9.32 Å². The van der Waals surface area contributed by atoms with Crippen molar-refractivity contribution in [3.05, 3.63) is 11.6 Å². The van der Waals surface area contributed by atoms with E-state index in [2.05, 4.69) is 29.8 Å². The number of anilines is 1. The fourth-order valence-electron chi connectivity index (χ4n) is 2.18. The van der Waals surface area contributed by atoms with Crippen LogP contribution in [0.3, 0.4) is 0 Å². The van der Waals surface area contributed by atoms with Crippen LogP contribution in [0.1, 0.15) is 44.7 Å².